The summed E-state index contributed by atoms with van der Waals surface area (Å²) in [6, 6.07) is 5.49. The zero-order valence-corrected chi connectivity index (χ0v) is 16.7. The Bertz CT molecular complexity index is 1090. The fourth-order valence-corrected chi connectivity index (χ4v) is 6.27. The summed E-state index contributed by atoms with van der Waals surface area (Å²) in [6.07, 6.45) is 6.00. The molecule has 2 aliphatic rings. The van der Waals surface area contributed by atoms with Crippen LogP contribution in [0.1, 0.15) is 49.2 Å². The van der Waals surface area contributed by atoms with Gasteiger partial charge in [0.2, 0.25) is 10.0 Å². The maximum absolute atomic E-state index is 13.2. The van der Waals surface area contributed by atoms with Crippen LogP contribution in [0.25, 0.3) is 11.0 Å². The lowest BCUT2D eigenvalue weighted by Crippen LogP contribution is -2.39. The lowest BCUT2D eigenvalue weighted by molar-refractivity contribution is 0.268. The molecule has 1 saturated carbocycles. The first kappa shape index (κ1) is 17.3. The van der Waals surface area contributed by atoms with Gasteiger partial charge < -0.3 is 4.57 Å². The molecule has 0 bridgehead atoms. The molecule has 0 spiro atoms. The first-order valence-corrected chi connectivity index (χ1v) is 11.5. The predicted octanol–water partition coefficient (Wildman–Crippen LogP) is 3.10. The van der Waals surface area contributed by atoms with Gasteiger partial charge in [0, 0.05) is 36.9 Å². The zero-order chi connectivity index (χ0) is 18.6. The standard InChI is InChI=1S/C18H21N5O2S2/c1-12-11-19-18(13-5-6-13)23(12)14-7-9-22(10-8-14)27(24,25)16-4-2-3-15-17(16)21-26-20-15/h2-4,11,13-14H,5-10H2,1H3. The highest BCUT2D eigenvalue weighted by Crippen LogP contribution is 2.42. The number of sulfonamides is 1. The molecule has 1 aliphatic heterocycles. The summed E-state index contributed by atoms with van der Waals surface area (Å²) >= 11 is 1.05. The van der Waals surface area contributed by atoms with E-state index in [1.54, 1.807) is 22.5 Å². The molecule has 0 unspecified atom stereocenters. The van der Waals surface area contributed by atoms with Gasteiger partial charge in [-0.05, 0) is 44.7 Å². The third-order valence-electron chi connectivity index (χ3n) is 5.61. The maximum Gasteiger partial charge on any atom is 0.245 e. The molecular formula is C18H21N5O2S2. The van der Waals surface area contributed by atoms with Gasteiger partial charge in [-0.3, -0.25) is 0 Å². The quantitative estimate of drug-likeness (QED) is 0.669. The van der Waals surface area contributed by atoms with Crippen molar-refractivity contribution in [1.82, 2.24) is 22.6 Å². The third kappa shape index (κ3) is 2.88. The van der Waals surface area contributed by atoms with Crippen LogP contribution in [0.5, 0.6) is 0 Å². The molecule has 5 rings (SSSR count). The Labute approximate surface area is 162 Å². The second-order valence-corrected chi connectivity index (χ2v) is 9.86. The summed E-state index contributed by atoms with van der Waals surface area (Å²) in [7, 11) is -3.56. The normalized spacial score (nSPS) is 19.7. The van der Waals surface area contributed by atoms with Crippen LogP contribution in [0.2, 0.25) is 0 Å². The average Bonchev–Trinajstić information content (AvgIpc) is 3.27. The predicted molar refractivity (Wildman–Crippen MR) is 103 cm³/mol. The van der Waals surface area contributed by atoms with E-state index in [0.717, 1.165) is 24.6 Å². The largest absolute Gasteiger partial charge is 0.329 e. The fourth-order valence-electron chi connectivity index (χ4n) is 4.05. The number of aromatic nitrogens is 4. The van der Waals surface area contributed by atoms with Crippen LogP contribution in [0.3, 0.4) is 0 Å². The Morgan fingerprint density at radius 1 is 1.11 bits per heavy atom. The van der Waals surface area contributed by atoms with Crippen molar-refractivity contribution in [3.8, 4) is 0 Å². The second kappa shape index (κ2) is 6.35. The monoisotopic (exact) mass is 403 g/mol. The van der Waals surface area contributed by atoms with Gasteiger partial charge in [-0.1, -0.05) is 6.07 Å². The summed E-state index contributed by atoms with van der Waals surface area (Å²) in [4.78, 5) is 4.88. The molecule has 9 heteroatoms. The SMILES string of the molecule is Cc1cnc(C2CC2)n1C1CCN(S(=O)(=O)c2cccc3nsnc23)CC1. The van der Waals surface area contributed by atoms with E-state index >= 15 is 0 Å². The summed E-state index contributed by atoms with van der Waals surface area (Å²) in [5, 5.41) is 0. The number of nitrogens with zero attached hydrogens (tertiary/aromatic N) is 5. The fraction of sp³-hybridized carbons (Fsp3) is 0.500. The molecule has 0 atom stereocenters. The van der Waals surface area contributed by atoms with Gasteiger partial charge in [0.1, 0.15) is 21.8 Å². The number of piperidine rings is 1. The average molecular weight is 404 g/mol. The van der Waals surface area contributed by atoms with Crippen LogP contribution in [-0.4, -0.2) is 44.1 Å². The maximum atomic E-state index is 13.2. The Morgan fingerprint density at radius 3 is 2.63 bits per heavy atom. The summed E-state index contributed by atoms with van der Waals surface area (Å²) < 4.78 is 38.7. The summed E-state index contributed by atoms with van der Waals surface area (Å²) in [5.74, 6) is 1.78. The van der Waals surface area contributed by atoms with Crippen LogP contribution in [0, 0.1) is 6.92 Å². The minimum atomic E-state index is -3.56. The number of fused-ring (bicyclic) bond motifs is 1. The second-order valence-electron chi connectivity index (χ2n) is 7.43. The molecule has 2 fully saturated rings. The van der Waals surface area contributed by atoms with Crippen molar-refractivity contribution >= 4 is 32.8 Å². The highest BCUT2D eigenvalue weighted by Gasteiger charge is 2.35. The topological polar surface area (TPSA) is 81.0 Å². The first-order chi connectivity index (χ1) is 13.1. The van der Waals surface area contributed by atoms with E-state index in [9.17, 15) is 8.42 Å². The molecule has 2 aromatic heterocycles. The highest BCUT2D eigenvalue weighted by molar-refractivity contribution is 7.89. The van der Waals surface area contributed by atoms with E-state index in [0.29, 0.717) is 36.1 Å². The number of benzene rings is 1. The summed E-state index contributed by atoms with van der Waals surface area (Å²) in [6.45, 7) is 3.13. The number of rotatable bonds is 4. The molecule has 0 radical (unpaired) electrons. The van der Waals surface area contributed by atoms with Crippen molar-refractivity contribution in [2.24, 2.45) is 0 Å². The van der Waals surface area contributed by atoms with Crippen molar-refractivity contribution in [1.29, 1.82) is 0 Å². The molecule has 1 aromatic carbocycles. The Balaban J connectivity index is 1.39. The lowest BCUT2D eigenvalue weighted by atomic mass is 10.1. The molecular weight excluding hydrogens is 382 g/mol. The Kier molecular flexibility index (Phi) is 4.06. The van der Waals surface area contributed by atoms with Gasteiger partial charge in [-0.2, -0.15) is 13.1 Å². The zero-order valence-electron chi connectivity index (χ0n) is 15.1. The van der Waals surface area contributed by atoms with Crippen molar-refractivity contribution in [3.05, 3.63) is 35.9 Å². The van der Waals surface area contributed by atoms with Crippen molar-refractivity contribution in [3.63, 3.8) is 0 Å². The first-order valence-electron chi connectivity index (χ1n) is 9.31. The van der Waals surface area contributed by atoms with Crippen LogP contribution in [0.4, 0.5) is 0 Å². The van der Waals surface area contributed by atoms with Gasteiger partial charge in [0.05, 0.1) is 11.7 Å². The van der Waals surface area contributed by atoms with Gasteiger partial charge in [0.25, 0.3) is 0 Å². The molecule has 3 aromatic rings. The molecule has 3 heterocycles. The Hall–Kier alpha value is -1.84. The van der Waals surface area contributed by atoms with Gasteiger partial charge in [-0.15, -0.1) is 0 Å². The molecule has 7 nitrogen and oxygen atoms in total. The minimum Gasteiger partial charge on any atom is -0.329 e. The smallest absolute Gasteiger partial charge is 0.245 e. The number of hydrogen-bond donors (Lipinski definition) is 0. The highest BCUT2D eigenvalue weighted by atomic mass is 32.2. The molecule has 142 valence electrons. The Morgan fingerprint density at radius 2 is 1.89 bits per heavy atom. The van der Waals surface area contributed by atoms with Crippen molar-refractivity contribution in [2.75, 3.05) is 13.1 Å². The van der Waals surface area contributed by atoms with E-state index in [1.807, 2.05) is 6.20 Å². The number of aryl methyl sites for hydroxylation is 1. The van der Waals surface area contributed by atoms with Crippen LogP contribution in [0.15, 0.2) is 29.3 Å². The van der Waals surface area contributed by atoms with E-state index in [4.69, 9.17) is 0 Å². The van der Waals surface area contributed by atoms with Crippen LogP contribution in [-0.2, 0) is 10.0 Å². The van der Waals surface area contributed by atoms with Crippen LogP contribution >= 0.6 is 11.7 Å². The van der Waals surface area contributed by atoms with Gasteiger partial charge >= 0.3 is 0 Å². The molecule has 1 saturated heterocycles. The van der Waals surface area contributed by atoms with Crippen molar-refractivity contribution in [2.45, 2.75) is 49.5 Å². The molecule has 0 N–H and O–H groups in total. The van der Waals surface area contributed by atoms with Crippen molar-refractivity contribution < 1.29 is 8.42 Å². The molecule has 1 aliphatic carbocycles. The molecule has 0 amide bonds. The van der Waals surface area contributed by atoms with Gasteiger partial charge in [0.15, 0.2) is 0 Å². The lowest BCUT2D eigenvalue weighted by Gasteiger charge is -2.33. The van der Waals surface area contributed by atoms with Gasteiger partial charge in [-0.25, -0.2) is 13.4 Å². The number of hydrogen-bond acceptors (Lipinski definition) is 6. The van der Waals surface area contributed by atoms with Crippen LogP contribution < -0.4 is 0 Å². The van der Waals surface area contributed by atoms with E-state index in [1.165, 1.54) is 24.4 Å². The molecule has 27 heavy (non-hydrogen) atoms. The number of imidazole rings is 1. The van der Waals surface area contributed by atoms with E-state index < -0.39 is 10.0 Å². The summed E-state index contributed by atoms with van der Waals surface area (Å²) in [5.41, 5.74) is 2.29. The van der Waals surface area contributed by atoms with E-state index in [-0.39, 0.29) is 4.90 Å². The third-order valence-corrected chi connectivity index (χ3v) is 8.08. The minimum absolute atomic E-state index is 0.268. The van der Waals surface area contributed by atoms with E-state index in [2.05, 4.69) is 25.2 Å².